The molecule has 0 atom stereocenters. The molecule has 20 heavy (non-hydrogen) atoms. The average molecular weight is 302 g/mol. The molecule has 3 N–H and O–H groups in total. The Balaban J connectivity index is 2.36. The third kappa shape index (κ3) is 2.90. The van der Waals surface area contributed by atoms with Gasteiger partial charge in [0.25, 0.3) is 0 Å². The van der Waals surface area contributed by atoms with Crippen LogP contribution in [-0.4, -0.2) is 10.5 Å². The van der Waals surface area contributed by atoms with Crippen LogP contribution in [0.2, 0.25) is 0 Å². The maximum absolute atomic E-state index is 12.7. The van der Waals surface area contributed by atoms with Gasteiger partial charge in [0.2, 0.25) is 0 Å². The number of thiocarbonyl (C=S) groups is 1. The fourth-order valence-corrected chi connectivity index (χ4v) is 2.66. The first-order valence-corrected chi connectivity index (χ1v) is 6.97. The van der Waals surface area contributed by atoms with Gasteiger partial charge in [0.05, 0.1) is 5.56 Å². The van der Waals surface area contributed by atoms with Gasteiger partial charge in [0.1, 0.15) is 4.99 Å². The maximum atomic E-state index is 12.7. The zero-order valence-corrected chi connectivity index (χ0v) is 12.0. The molecule has 0 amide bonds. The van der Waals surface area contributed by atoms with E-state index in [4.69, 9.17) is 18.0 Å². The molecular formula is C14H17F3N2S. The molecule has 6 heteroatoms. The molecule has 1 aliphatic rings. The van der Waals surface area contributed by atoms with Crippen LogP contribution in [0.25, 0.3) is 0 Å². The molecule has 1 aliphatic carbocycles. The van der Waals surface area contributed by atoms with Crippen molar-refractivity contribution in [2.24, 2.45) is 5.73 Å². The van der Waals surface area contributed by atoms with E-state index in [1.54, 1.807) is 0 Å². The van der Waals surface area contributed by atoms with Crippen molar-refractivity contribution < 1.29 is 13.2 Å². The highest BCUT2D eigenvalue weighted by Gasteiger charge is 2.36. The minimum Gasteiger partial charge on any atom is -0.389 e. The van der Waals surface area contributed by atoms with Crippen molar-refractivity contribution >= 4 is 22.9 Å². The summed E-state index contributed by atoms with van der Waals surface area (Å²) in [5.74, 6) is 0. The van der Waals surface area contributed by atoms with Crippen LogP contribution in [0.3, 0.4) is 0 Å². The van der Waals surface area contributed by atoms with Crippen LogP contribution in [0.5, 0.6) is 0 Å². The number of nitrogens with two attached hydrogens (primary N) is 1. The van der Waals surface area contributed by atoms with Crippen LogP contribution in [0.1, 0.15) is 43.7 Å². The smallest absolute Gasteiger partial charge is 0.389 e. The number of benzene rings is 1. The van der Waals surface area contributed by atoms with E-state index < -0.39 is 11.7 Å². The van der Waals surface area contributed by atoms with Crippen molar-refractivity contribution in [1.29, 1.82) is 0 Å². The molecule has 2 nitrogen and oxygen atoms in total. The van der Waals surface area contributed by atoms with Gasteiger partial charge >= 0.3 is 6.18 Å². The Morgan fingerprint density at radius 3 is 2.45 bits per heavy atom. The predicted molar refractivity (Wildman–Crippen MR) is 77.8 cm³/mol. The van der Waals surface area contributed by atoms with Gasteiger partial charge in [-0.1, -0.05) is 19.1 Å². The Bertz CT molecular complexity index is 516. The van der Waals surface area contributed by atoms with Crippen LogP contribution in [0.15, 0.2) is 18.2 Å². The Hall–Kier alpha value is -1.30. The van der Waals surface area contributed by atoms with Crippen LogP contribution in [0, 0.1) is 0 Å². The summed E-state index contributed by atoms with van der Waals surface area (Å²) in [4.78, 5) is -0.0239. The molecule has 2 rings (SSSR count). The highest BCUT2D eigenvalue weighted by atomic mass is 32.1. The molecule has 0 unspecified atom stereocenters. The minimum atomic E-state index is -4.39. The topological polar surface area (TPSA) is 38.0 Å². The summed E-state index contributed by atoms with van der Waals surface area (Å²) in [6, 6.07) is 3.51. The number of halogens is 3. The van der Waals surface area contributed by atoms with E-state index >= 15 is 0 Å². The van der Waals surface area contributed by atoms with E-state index in [-0.39, 0.29) is 16.1 Å². The number of nitrogens with one attached hydrogen (secondary N) is 1. The number of rotatable bonds is 4. The van der Waals surface area contributed by atoms with Crippen LogP contribution < -0.4 is 11.1 Å². The fraction of sp³-hybridized carbons (Fsp3) is 0.500. The molecule has 0 saturated heterocycles. The van der Waals surface area contributed by atoms with Gasteiger partial charge in [-0.25, -0.2) is 0 Å². The summed E-state index contributed by atoms with van der Waals surface area (Å²) in [6.07, 6.45) is -0.311. The Labute approximate surface area is 121 Å². The van der Waals surface area contributed by atoms with Crippen molar-refractivity contribution in [2.75, 3.05) is 5.32 Å². The zero-order valence-electron chi connectivity index (χ0n) is 11.2. The Morgan fingerprint density at radius 1 is 1.40 bits per heavy atom. The fourth-order valence-electron chi connectivity index (χ4n) is 2.49. The van der Waals surface area contributed by atoms with Gasteiger partial charge in [0.15, 0.2) is 0 Å². The first-order valence-electron chi connectivity index (χ1n) is 6.57. The molecule has 1 aromatic rings. The standard InChI is InChI=1S/C14H17F3N2S/c1-2-13(6-3-7-13)19-11-5-4-9(14(15,16)17)8-10(11)12(18)20/h4-5,8,19H,2-3,6-7H2,1H3,(H2,18,20). The molecule has 1 aromatic carbocycles. The van der Waals surface area contributed by atoms with E-state index in [0.29, 0.717) is 5.69 Å². The summed E-state index contributed by atoms with van der Waals surface area (Å²) in [7, 11) is 0. The molecule has 0 radical (unpaired) electrons. The average Bonchev–Trinajstić information content (AvgIpc) is 2.32. The first-order chi connectivity index (χ1) is 9.27. The molecular weight excluding hydrogens is 285 g/mol. The number of hydrogen-bond acceptors (Lipinski definition) is 2. The number of alkyl halides is 3. The van der Waals surface area contributed by atoms with Gasteiger partial charge in [0, 0.05) is 16.8 Å². The minimum absolute atomic E-state index is 0.0239. The quantitative estimate of drug-likeness (QED) is 0.823. The molecule has 0 bridgehead atoms. The van der Waals surface area contributed by atoms with E-state index in [1.165, 1.54) is 6.07 Å². The van der Waals surface area contributed by atoms with Crippen LogP contribution in [-0.2, 0) is 6.18 Å². The summed E-state index contributed by atoms with van der Waals surface area (Å²) < 4.78 is 38.2. The lowest BCUT2D eigenvalue weighted by molar-refractivity contribution is -0.137. The largest absolute Gasteiger partial charge is 0.416 e. The highest BCUT2D eigenvalue weighted by molar-refractivity contribution is 7.80. The lowest BCUT2D eigenvalue weighted by atomic mass is 9.74. The van der Waals surface area contributed by atoms with Gasteiger partial charge in [-0.15, -0.1) is 0 Å². The first kappa shape index (κ1) is 15.1. The third-order valence-electron chi connectivity index (χ3n) is 4.00. The Kier molecular flexibility index (Phi) is 3.95. The second-order valence-electron chi connectivity index (χ2n) is 5.23. The second kappa shape index (κ2) is 5.24. The van der Waals surface area contributed by atoms with Gasteiger partial charge < -0.3 is 11.1 Å². The molecule has 0 aromatic heterocycles. The number of hydrogen-bond donors (Lipinski definition) is 2. The monoisotopic (exact) mass is 302 g/mol. The Morgan fingerprint density at radius 2 is 2.05 bits per heavy atom. The van der Waals surface area contributed by atoms with E-state index in [2.05, 4.69) is 12.2 Å². The van der Waals surface area contributed by atoms with E-state index in [1.807, 2.05) is 0 Å². The van der Waals surface area contributed by atoms with E-state index in [9.17, 15) is 13.2 Å². The molecule has 0 heterocycles. The highest BCUT2D eigenvalue weighted by Crippen LogP contribution is 2.39. The van der Waals surface area contributed by atoms with Gasteiger partial charge in [-0.3, -0.25) is 0 Å². The molecule has 0 aliphatic heterocycles. The van der Waals surface area contributed by atoms with Crippen molar-refractivity contribution in [1.82, 2.24) is 0 Å². The summed E-state index contributed by atoms with van der Waals surface area (Å²) in [6.45, 7) is 2.07. The second-order valence-corrected chi connectivity index (χ2v) is 5.67. The van der Waals surface area contributed by atoms with Crippen LogP contribution >= 0.6 is 12.2 Å². The SMILES string of the molecule is CCC1(Nc2ccc(C(F)(F)F)cc2C(N)=S)CCC1. The van der Waals surface area contributed by atoms with Crippen molar-refractivity contribution in [3.05, 3.63) is 29.3 Å². The number of anilines is 1. The van der Waals surface area contributed by atoms with Gasteiger partial charge in [-0.2, -0.15) is 13.2 Å². The normalized spacial score (nSPS) is 17.4. The lowest BCUT2D eigenvalue weighted by Gasteiger charge is -2.43. The molecule has 0 spiro atoms. The molecule has 1 fully saturated rings. The van der Waals surface area contributed by atoms with E-state index in [0.717, 1.165) is 37.8 Å². The van der Waals surface area contributed by atoms with Crippen molar-refractivity contribution in [3.8, 4) is 0 Å². The van der Waals surface area contributed by atoms with Crippen molar-refractivity contribution in [2.45, 2.75) is 44.3 Å². The summed E-state index contributed by atoms with van der Waals surface area (Å²) >= 11 is 4.88. The lowest BCUT2D eigenvalue weighted by Crippen LogP contribution is -2.44. The van der Waals surface area contributed by atoms with Crippen molar-refractivity contribution in [3.63, 3.8) is 0 Å². The maximum Gasteiger partial charge on any atom is 0.416 e. The zero-order chi connectivity index (χ0) is 15.0. The van der Waals surface area contributed by atoms with Crippen LogP contribution in [0.4, 0.5) is 18.9 Å². The van der Waals surface area contributed by atoms with Gasteiger partial charge in [-0.05, 0) is 43.9 Å². The molecule has 1 saturated carbocycles. The molecule has 110 valence electrons. The predicted octanol–water partition coefficient (Wildman–Crippen LogP) is 4.08. The summed E-state index contributed by atoms with van der Waals surface area (Å²) in [5, 5.41) is 3.34. The summed E-state index contributed by atoms with van der Waals surface area (Å²) in [5.41, 5.74) is 5.66. The third-order valence-corrected chi connectivity index (χ3v) is 4.22.